The molecule has 0 aromatic carbocycles. The van der Waals surface area contributed by atoms with Crippen LogP contribution in [0.3, 0.4) is 0 Å². The summed E-state index contributed by atoms with van der Waals surface area (Å²) in [6, 6.07) is 0. The number of hydrogen-bond acceptors (Lipinski definition) is 4. The van der Waals surface area contributed by atoms with E-state index in [1.165, 1.54) is 19.1 Å². The Balaban J connectivity index is 3.34. The van der Waals surface area contributed by atoms with Gasteiger partial charge in [-0.1, -0.05) is 13.3 Å². The van der Waals surface area contributed by atoms with E-state index < -0.39 is 9.84 Å². The van der Waals surface area contributed by atoms with Gasteiger partial charge in [0.2, 0.25) is 0 Å². The first kappa shape index (κ1) is 15.9. The summed E-state index contributed by atoms with van der Waals surface area (Å²) in [4.78, 5) is 2.09. The molecule has 0 atom stereocenters. The molecule has 0 saturated carbocycles. The highest BCUT2D eigenvalue weighted by molar-refractivity contribution is 7.90. The molecule has 1 N–H and O–H groups in total. The average molecular weight is 250 g/mol. The standard InChI is InChI=1S/C11H26N2O2S/c1-4-12-8-6-5-7-9-13(2)10-11-16(3,14)15/h12H,4-11H2,1-3H3. The predicted molar refractivity (Wildman–Crippen MR) is 69.6 cm³/mol. The van der Waals surface area contributed by atoms with Crippen molar-refractivity contribution >= 4 is 9.84 Å². The maximum atomic E-state index is 10.9. The summed E-state index contributed by atoms with van der Waals surface area (Å²) in [5.41, 5.74) is 0. The van der Waals surface area contributed by atoms with Crippen molar-refractivity contribution in [2.45, 2.75) is 26.2 Å². The van der Waals surface area contributed by atoms with Crippen LogP contribution in [0.15, 0.2) is 0 Å². The van der Waals surface area contributed by atoms with Gasteiger partial charge in [0.1, 0.15) is 9.84 Å². The van der Waals surface area contributed by atoms with Crippen LogP contribution >= 0.6 is 0 Å². The molecular weight excluding hydrogens is 224 g/mol. The summed E-state index contributed by atoms with van der Waals surface area (Å²) in [5, 5.41) is 3.29. The first-order chi connectivity index (χ1) is 7.45. The van der Waals surface area contributed by atoms with Crippen molar-refractivity contribution in [1.82, 2.24) is 10.2 Å². The molecule has 5 heteroatoms. The van der Waals surface area contributed by atoms with Gasteiger partial charge in [-0.3, -0.25) is 0 Å². The van der Waals surface area contributed by atoms with E-state index in [1.54, 1.807) is 0 Å². The fourth-order valence-corrected chi connectivity index (χ4v) is 2.06. The van der Waals surface area contributed by atoms with E-state index in [4.69, 9.17) is 0 Å². The van der Waals surface area contributed by atoms with Crippen molar-refractivity contribution < 1.29 is 8.42 Å². The zero-order chi connectivity index (χ0) is 12.4. The van der Waals surface area contributed by atoms with E-state index in [0.717, 1.165) is 26.1 Å². The molecule has 0 rings (SSSR count). The molecular formula is C11H26N2O2S. The van der Waals surface area contributed by atoms with Crippen LogP contribution in [-0.2, 0) is 9.84 Å². The van der Waals surface area contributed by atoms with Gasteiger partial charge in [0.15, 0.2) is 0 Å². The number of nitrogens with zero attached hydrogens (tertiary/aromatic N) is 1. The molecule has 0 radical (unpaired) electrons. The van der Waals surface area contributed by atoms with Gasteiger partial charge in [0.25, 0.3) is 0 Å². The number of hydrogen-bond donors (Lipinski definition) is 1. The van der Waals surface area contributed by atoms with E-state index >= 15 is 0 Å². The van der Waals surface area contributed by atoms with Crippen LogP contribution in [0.5, 0.6) is 0 Å². The molecule has 0 saturated heterocycles. The van der Waals surface area contributed by atoms with Gasteiger partial charge in [-0.25, -0.2) is 8.42 Å². The van der Waals surface area contributed by atoms with Crippen LogP contribution in [0.4, 0.5) is 0 Å². The molecule has 0 bridgehead atoms. The topological polar surface area (TPSA) is 49.4 Å². The van der Waals surface area contributed by atoms with Gasteiger partial charge in [-0.2, -0.15) is 0 Å². The number of unbranched alkanes of at least 4 members (excludes halogenated alkanes) is 2. The maximum absolute atomic E-state index is 10.9. The Morgan fingerprint density at radius 1 is 1.12 bits per heavy atom. The molecule has 0 aromatic heterocycles. The lowest BCUT2D eigenvalue weighted by molar-refractivity contribution is 0.342. The van der Waals surface area contributed by atoms with Crippen LogP contribution in [0, 0.1) is 0 Å². The van der Waals surface area contributed by atoms with E-state index in [1.807, 2.05) is 7.05 Å². The van der Waals surface area contributed by atoms with E-state index in [-0.39, 0.29) is 5.75 Å². The van der Waals surface area contributed by atoms with E-state index in [0.29, 0.717) is 6.54 Å². The minimum Gasteiger partial charge on any atom is -0.317 e. The third kappa shape index (κ3) is 11.9. The number of nitrogens with one attached hydrogen (secondary N) is 1. The van der Waals surface area contributed by atoms with Crippen LogP contribution < -0.4 is 5.32 Å². The largest absolute Gasteiger partial charge is 0.317 e. The molecule has 0 spiro atoms. The van der Waals surface area contributed by atoms with Crippen molar-refractivity contribution in [3.8, 4) is 0 Å². The van der Waals surface area contributed by atoms with Gasteiger partial charge in [0.05, 0.1) is 5.75 Å². The van der Waals surface area contributed by atoms with Gasteiger partial charge >= 0.3 is 0 Å². The fourth-order valence-electron chi connectivity index (χ4n) is 1.42. The summed E-state index contributed by atoms with van der Waals surface area (Å²) < 4.78 is 21.9. The fraction of sp³-hybridized carbons (Fsp3) is 1.00. The molecule has 0 heterocycles. The SMILES string of the molecule is CCNCCCCCN(C)CCS(C)(=O)=O. The first-order valence-electron chi connectivity index (χ1n) is 6.02. The molecule has 0 fully saturated rings. The minimum absolute atomic E-state index is 0.265. The Kier molecular flexibility index (Phi) is 8.89. The molecule has 0 aliphatic rings. The monoisotopic (exact) mass is 250 g/mol. The summed E-state index contributed by atoms with van der Waals surface area (Å²) in [6.45, 7) is 5.87. The lowest BCUT2D eigenvalue weighted by Gasteiger charge is -2.15. The second kappa shape index (κ2) is 8.96. The molecule has 0 amide bonds. The molecule has 98 valence electrons. The van der Waals surface area contributed by atoms with Gasteiger partial charge in [-0.15, -0.1) is 0 Å². The smallest absolute Gasteiger partial charge is 0.148 e. The van der Waals surface area contributed by atoms with Gasteiger partial charge in [0, 0.05) is 12.8 Å². The average Bonchev–Trinajstić information content (AvgIpc) is 2.19. The van der Waals surface area contributed by atoms with Crippen LogP contribution in [0.25, 0.3) is 0 Å². The zero-order valence-corrected chi connectivity index (χ0v) is 11.6. The summed E-state index contributed by atoms with van der Waals surface area (Å²) in [7, 11) is -0.832. The maximum Gasteiger partial charge on any atom is 0.148 e. The Morgan fingerprint density at radius 3 is 2.38 bits per heavy atom. The quantitative estimate of drug-likeness (QED) is 0.581. The van der Waals surface area contributed by atoms with Gasteiger partial charge in [-0.05, 0) is 39.5 Å². The third-order valence-corrected chi connectivity index (χ3v) is 3.41. The van der Waals surface area contributed by atoms with Crippen molar-refractivity contribution in [2.24, 2.45) is 0 Å². The summed E-state index contributed by atoms with van der Waals surface area (Å²) >= 11 is 0. The number of rotatable bonds is 10. The van der Waals surface area contributed by atoms with Crippen molar-refractivity contribution in [3.63, 3.8) is 0 Å². The van der Waals surface area contributed by atoms with Crippen LogP contribution in [-0.4, -0.2) is 58.6 Å². The predicted octanol–water partition coefficient (Wildman–Crippen LogP) is 0.743. The molecule has 16 heavy (non-hydrogen) atoms. The number of sulfone groups is 1. The molecule has 0 aromatic rings. The second-order valence-corrected chi connectivity index (χ2v) is 6.61. The minimum atomic E-state index is -2.81. The summed E-state index contributed by atoms with van der Waals surface area (Å²) in [6.07, 6.45) is 4.84. The summed E-state index contributed by atoms with van der Waals surface area (Å²) in [5.74, 6) is 0.265. The second-order valence-electron chi connectivity index (χ2n) is 4.35. The van der Waals surface area contributed by atoms with E-state index in [2.05, 4.69) is 17.1 Å². The normalized spacial score (nSPS) is 12.2. The zero-order valence-electron chi connectivity index (χ0n) is 10.8. The Labute approximate surface area is 100 Å². The Morgan fingerprint density at radius 2 is 1.81 bits per heavy atom. The van der Waals surface area contributed by atoms with Crippen molar-refractivity contribution in [3.05, 3.63) is 0 Å². The van der Waals surface area contributed by atoms with Crippen molar-refractivity contribution in [1.29, 1.82) is 0 Å². The first-order valence-corrected chi connectivity index (χ1v) is 8.08. The van der Waals surface area contributed by atoms with Gasteiger partial charge < -0.3 is 10.2 Å². The Bertz CT molecular complexity index is 253. The highest BCUT2D eigenvalue weighted by Crippen LogP contribution is 1.97. The lowest BCUT2D eigenvalue weighted by atomic mass is 10.2. The van der Waals surface area contributed by atoms with Crippen LogP contribution in [0.1, 0.15) is 26.2 Å². The molecule has 0 unspecified atom stereocenters. The third-order valence-electron chi connectivity index (χ3n) is 2.49. The molecule has 4 nitrogen and oxygen atoms in total. The Hall–Kier alpha value is -0.130. The highest BCUT2D eigenvalue weighted by Gasteiger charge is 2.04. The van der Waals surface area contributed by atoms with Crippen LogP contribution in [0.2, 0.25) is 0 Å². The molecule has 0 aliphatic carbocycles. The highest BCUT2D eigenvalue weighted by atomic mass is 32.2. The van der Waals surface area contributed by atoms with Crippen molar-refractivity contribution in [2.75, 3.05) is 45.2 Å². The van der Waals surface area contributed by atoms with E-state index in [9.17, 15) is 8.42 Å². The lowest BCUT2D eigenvalue weighted by Crippen LogP contribution is -2.26. The molecule has 0 aliphatic heterocycles.